The number of hydrogen-bond acceptors (Lipinski definition) is 5. The minimum atomic E-state index is -0.247. The molecule has 7 heteroatoms. The molecule has 3 heterocycles. The highest BCUT2D eigenvalue weighted by Crippen LogP contribution is 2.27. The van der Waals surface area contributed by atoms with Crippen molar-refractivity contribution < 1.29 is 9.21 Å². The summed E-state index contributed by atoms with van der Waals surface area (Å²) in [6, 6.07) is 3.33. The summed E-state index contributed by atoms with van der Waals surface area (Å²) in [7, 11) is 1.64. The molecule has 114 valence electrons. The third-order valence-electron chi connectivity index (χ3n) is 3.53. The fourth-order valence-corrected chi connectivity index (χ4v) is 3.34. The molecule has 22 heavy (non-hydrogen) atoms. The maximum absolute atomic E-state index is 12.5. The van der Waals surface area contributed by atoms with E-state index in [0.29, 0.717) is 26.4 Å². The second kappa shape index (κ2) is 5.42. The molecule has 0 aliphatic rings. The Morgan fingerprint density at radius 1 is 1.50 bits per heavy atom. The molecule has 6 nitrogen and oxygen atoms in total. The highest BCUT2D eigenvalue weighted by molar-refractivity contribution is 7.20. The fourth-order valence-electron chi connectivity index (χ4n) is 2.30. The van der Waals surface area contributed by atoms with Crippen molar-refractivity contribution in [1.29, 1.82) is 0 Å². The van der Waals surface area contributed by atoms with Crippen molar-refractivity contribution in [1.82, 2.24) is 14.9 Å². The number of carbonyl (C=O) groups is 1. The summed E-state index contributed by atoms with van der Waals surface area (Å²) >= 11 is 1.23. The van der Waals surface area contributed by atoms with Gasteiger partial charge in [0.15, 0.2) is 0 Å². The van der Waals surface area contributed by atoms with Gasteiger partial charge in [0.05, 0.1) is 28.9 Å². The zero-order chi connectivity index (χ0) is 15.9. The first kappa shape index (κ1) is 14.5. The molecule has 1 atom stereocenters. The van der Waals surface area contributed by atoms with Crippen LogP contribution in [0, 0.1) is 6.92 Å². The van der Waals surface area contributed by atoms with E-state index in [0.717, 1.165) is 0 Å². The van der Waals surface area contributed by atoms with Crippen LogP contribution in [0.4, 0.5) is 0 Å². The van der Waals surface area contributed by atoms with Gasteiger partial charge in [-0.25, -0.2) is 4.98 Å². The average Bonchev–Trinajstić information content (AvgIpc) is 3.11. The maximum Gasteiger partial charge on any atom is 0.262 e. The summed E-state index contributed by atoms with van der Waals surface area (Å²) in [6.45, 7) is 3.62. The van der Waals surface area contributed by atoms with E-state index in [-0.39, 0.29) is 17.5 Å². The molecule has 3 aromatic rings. The van der Waals surface area contributed by atoms with Gasteiger partial charge in [0.1, 0.15) is 10.6 Å². The summed E-state index contributed by atoms with van der Waals surface area (Å²) in [6.07, 6.45) is 3.03. The summed E-state index contributed by atoms with van der Waals surface area (Å²) in [5.74, 6) is 0.451. The van der Waals surface area contributed by atoms with Crippen molar-refractivity contribution in [2.45, 2.75) is 19.9 Å². The molecule has 1 N–H and O–H groups in total. The molecule has 0 aliphatic carbocycles. The first-order valence-electron chi connectivity index (χ1n) is 6.78. The van der Waals surface area contributed by atoms with Gasteiger partial charge in [-0.05, 0) is 31.5 Å². The number of aryl methyl sites for hydroxylation is 2. The van der Waals surface area contributed by atoms with Crippen LogP contribution in [0.1, 0.15) is 34.0 Å². The van der Waals surface area contributed by atoms with E-state index in [1.807, 2.05) is 6.92 Å². The van der Waals surface area contributed by atoms with E-state index in [1.54, 1.807) is 32.4 Å². The van der Waals surface area contributed by atoms with Crippen LogP contribution >= 0.6 is 11.3 Å². The van der Waals surface area contributed by atoms with E-state index >= 15 is 0 Å². The number of thiophene rings is 1. The van der Waals surface area contributed by atoms with Crippen LogP contribution in [0.25, 0.3) is 10.2 Å². The number of furan rings is 1. The number of fused-ring (bicyclic) bond motifs is 1. The van der Waals surface area contributed by atoms with Gasteiger partial charge >= 0.3 is 0 Å². The van der Waals surface area contributed by atoms with Crippen molar-refractivity contribution in [3.8, 4) is 0 Å². The van der Waals surface area contributed by atoms with Crippen molar-refractivity contribution >= 4 is 27.5 Å². The molecule has 3 aromatic heterocycles. The largest absolute Gasteiger partial charge is 0.467 e. The molecule has 0 unspecified atom stereocenters. The lowest BCUT2D eigenvalue weighted by molar-refractivity contribution is 0.0939. The Morgan fingerprint density at radius 2 is 2.27 bits per heavy atom. The van der Waals surface area contributed by atoms with E-state index < -0.39 is 0 Å². The molecular weight excluding hydrogens is 302 g/mol. The Hall–Kier alpha value is -2.41. The molecule has 0 saturated carbocycles. The van der Waals surface area contributed by atoms with Crippen LogP contribution in [-0.2, 0) is 7.05 Å². The highest BCUT2D eigenvalue weighted by Gasteiger charge is 2.21. The fraction of sp³-hybridized carbons (Fsp3) is 0.267. The Bertz CT molecular complexity index is 893. The van der Waals surface area contributed by atoms with Gasteiger partial charge in [-0.3, -0.25) is 9.59 Å². The second-order valence-corrected chi connectivity index (χ2v) is 6.11. The van der Waals surface area contributed by atoms with Crippen LogP contribution in [0.15, 0.2) is 33.9 Å². The predicted octanol–water partition coefficient (Wildman–Crippen LogP) is 2.39. The quantitative estimate of drug-likeness (QED) is 0.804. The normalized spacial score (nSPS) is 12.5. The van der Waals surface area contributed by atoms with Gasteiger partial charge in [0.25, 0.3) is 11.5 Å². The third-order valence-corrected chi connectivity index (χ3v) is 4.73. The summed E-state index contributed by atoms with van der Waals surface area (Å²) in [5.41, 5.74) is 0.523. The zero-order valence-corrected chi connectivity index (χ0v) is 13.2. The molecule has 1 amide bonds. The number of hydrogen-bond donors (Lipinski definition) is 1. The highest BCUT2D eigenvalue weighted by atomic mass is 32.1. The zero-order valence-electron chi connectivity index (χ0n) is 12.4. The standard InChI is InChI=1S/C15H15N3O3S/c1-8-11-14(16-7-18(3)15(11)20)22-12(8)13(19)17-9(2)10-5-4-6-21-10/h4-7,9H,1-3H3,(H,17,19)/t9-/m1/s1. The minimum absolute atomic E-state index is 0.142. The van der Waals surface area contributed by atoms with Crippen molar-refractivity contribution in [2.24, 2.45) is 7.05 Å². The predicted molar refractivity (Wildman–Crippen MR) is 84.2 cm³/mol. The van der Waals surface area contributed by atoms with Crippen LogP contribution in [0.3, 0.4) is 0 Å². The van der Waals surface area contributed by atoms with E-state index in [1.165, 1.54) is 22.2 Å². The summed E-state index contributed by atoms with van der Waals surface area (Å²) < 4.78 is 6.69. The molecule has 0 radical (unpaired) electrons. The molecule has 0 saturated heterocycles. The molecule has 0 bridgehead atoms. The first-order valence-corrected chi connectivity index (χ1v) is 7.59. The van der Waals surface area contributed by atoms with Crippen LogP contribution in [0.2, 0.25) is 0 Å². The maximum atomic E-state index is 12.5. The SMILES string of the molecule is Cc1c(C(=O)N[C@H](C)c2ccco2)sc2ncn(C)c(=O)c12. The van der Waals surface area contributed by atoms with Gasteiger partial charge in [0, 0.05) is 7.05 Å². The molecule has 0 spiro atoms. The number of rotatable bonds is 3. The lowest BCUT2D eigenvalue weighted by atomic mass is 10.2. The van der Waals surface area contributed by atoms with Crippen molar-refractivity contribution in [2.75, 3.05) is 0 Å². The van der Waals surface area contributed by atoms with Crippen LogP contribution in [-0.4, -0.2) is 15.5 Å². The van der Waals surface area contributed by atoms with Crippen LogP contribution < -0.4 is 10.9 Å². The van der Waals surface area contributed by atoms with E-state index in [4.69, 9.17) is 4.42 Å². The molecular formula is C15H15N3O3S. The van der Waals surface area contributed by atoms with Gasteiger partial charge < -0.3 is 14.3 Å². The number of nitrogens with one attached hydrogen (secondary N) is 1. The van der Waals surface area contributed by atoms with Crippen molar-refractivity contribution in [3.05, 3.63) is 51.3 Å². The molecule has 3 rings (SSSR count). The Labute approximate surface area is 130 Å². The van der Waals surface area contributed by atoms with Crippen molar-refractivity contribution in [3.63, 3.8) is 0 Å². The number of carbonyl (C=O) groups excluding carboxylic acids is 1. The second-order valence-electron chi connectivity index (χ2n) is 5.11. The van der Waals surface area contributed by atoms with Gasteiger partial charge in [-0.1, -0.05) is 0 Å². The molecule has 0 aromatic carbocycles. The Kier molecular flexibility index (Phi) is 3.58. The molecule has 0 fully saturated rings. The smallest absolute Gasteiger partial charge is 0.262 e. The van der Waals surface area contributed by atoms with Gasteiger partial charge in [-0.2, -0.15) is 0 Å². The van der Waals surface area contributed by atoms with Gasteiger partial charge in [-0.15, -0.1) is 11.3 Å². The number of amides is 1. The lowest BCUT2D eigenvalue weighted by Crippen LogP contribution is -2.26. The third kappa shape index (κ3) is 2.33. The number of nitrogens with zero attached hydrogens (tertiary/aromatic N) is 2. The monoisotopic (exact) mass is 317 g/mol. The number of aromatic nitrogens is 2. The van der Waals surface area contributed by atoms with E-state index in [2.05, 4.69) is 10.3 Å². The topological polar surface area (TPSA) is 77.1 Å². The minimum Gasteiger partial charge on any atom is -0.467 e. The van der Waals surface area contributed by atoms with Crippen LogP contribution in [0.5, 0.6) is 0 Å². The summed E-state index contributed by atoms with van der Waals surface area (Å²) in [5, 5.41) is 3.38. The van der Waals surface area contributed by atoms with E-state index in [9.17, 15) is 9.59 Å². The average molecular weight is 317 g/mol. The first-order chi connectivity index (χ1) is 10.5. The van der Waals surface area contributed by atoms with Gasteiger partial charge in [0.2, 0.25) is 0 Å². The summed E-state index contributed by atoms with van der Waals surface area (Å²) in [4.78, 5) is 29.9. The Balaban J connectivity index is 1.96. The lowest BCUT2D eigenvalue weighted by Gasteiger charge is -2.10. The molecule has 0 aliphatic heterocycles. The Morgan fingerprint density at radius 3 is 2.95 bits per heavy atom.